The van der Waals surface area contributed by atoms with Crippen LogP contribution in [-0.4, -0.2) is 49.6 Å². The van der Waals surface area contributed by atoms with E-state index in [0.717, 1.165) is 45.6 Å². The monoisotopic (exact) mass is 299 g/mol. The molecule has 0 saturated carbocycles. The van der Waals surface area contributed by atoms with E-state index in [1.165, 1.54) is 18.4 Å². The van der Waals surface area contributed by atoms with Crippen molar-refractivity contribution in [2.45, 2.75) is 38.6 Å². The van der Waals surface area contributed by atoms with Gasteiger partial charge in [0.2, 0.25) is 5.91 Å². The fourth-order valence-electron chi connectivity index (χ4n) is 3.13. The maximum absolute atomic E-state index is 12.0. The number of halogens is 1. The van der Waals surface area contributed by atoms with Gasteiger partial charge in [-0.25, -0.2) is 0 Å². The molecule has 0 aromatic heterocycles. The van der Waals surface area contributed by atoms with Crippen molar-refractivity contribution in [1.29, 1.82) is 0 Å². The average Bonchev–Trinajstić information content (AvgIpc) is 2.99. The van der Waals surface area contributed by atoms with Gasteiger partial charge < -0.3 is 10.6 Å². The standard InChI is InChI=1S/C15H26ClN3O/c1-12(8-16)10-19-7-3-4-13(11-19)9-18-15(20)14-5-2-6-17-14/h8,13-14,17H,2-7,9-11H2,1H3,(H,18,20). The summed E-state index contributed by atoms with van der Waals surface area (Å²) in [5, 5.41) is 6.36. The molecular weight excluding hydrogens is 274 g/mol. The predicted molar refractivity (Wildman–Crippen MR) is 82.8 cm³/mol. The minimum Gasteiger partial charge on any atom is -0.354 e. The van der Waals surface area contributed by atoms with Crippen molar-refractivity contribution in [2.75, 3.05) is 32.7 Å². The van der Waals surface area contributed by atoms with Crippen molar-refractivity contribution in [2.24, 2.45) is 5.92 Å². The van der Waals surface area contributed by atoms with Crippen LogP contribution in [-0.2, 0) is 4.79 Å². The molecule has 0 aromatic carbocycles. The predicted octanol–water partition coefficient (Wildman–Crippen LogP) is 1.71. The first-order valence-electron chi connectivity index (χ1n) is 7.68. The highest BCUT2D eigenvalue weighted by molar-refractivity contribution is 6.25. The Kier molecular flexibility index (Phi) is 6.33. The summed E-state index contributed by atoms with van der Waals surface area (Å²) >= 11 is 5.73. The van der Waals surface area contributed by atoms with Crippen LogP contribution in [0.2, 0.25) is 0 Å². The summed E-state index contributed by atoms with van der Waals surface area (Å²) in [5.41, 5.74) is 2.86. The Hall–Kier alpha value is -0.580. The maximum atomic E-state index is 12.0. The second-order valence-corrected chi connectivity index (χ2v) is 6.31. The first-order valence-corrected chi connectivity index (χ1v) is 8.12. The molecule has 1 amide bonds. The Morgan fingerprint density at radius 1 is 1.45 bits per heavy atom. The lowest BCUT2D eigenvalue weighted by Gasteiger charge is -2.33. The van der Waals surface area contributed by atoms with Crippen LogP contribution in [0.4, 0.5) is 0 Å². The molecule has 5 heteroatoms. The van der Waals surface area contributed by atoms with E-state index in [2.05, 4.69) is 22.5 Å². The van der Waals surface area contributed by atoms with Crippen molar-refractivity contribution in [3.8, 4) is 0 Å². The number of amides is 1. The highest BCUT2D eigenvalue weighted by Crippen LogP contribution is 2.17. The Balaban J connectivity index is 1.71. The van der Waals surface area contributed by atoms with E-state index in [1.54, 1.807) is 5.54 Å². The molecule has 2 heterocycles. The van der Waals surface area contributed by atoms with E-state index in [9.17, 15) is 4.79 Å². The van der Waals surface area contributed by atoms with Gasteiger partial charge in [-0.2, -0.15) is 0 Å². The molecule has 0 radical (unpaired) electrons. The zero-order chi connectivity index (χ0) is 14.4. The summed E-state index contributed by atoms with van der Waals surface area (Å²) in [6.07, 6.45) is 4.50. The van der Waals surface area contributed by atoms with E-state index < -0.39 is 0 Å². The number of hydrogen-bond donors (Lipinski definition) is 2. The lowest BCUT2D eigenvalue weighted by Crippen LogP contribution is -2.45. The van der Waals surface area contributed by atoms with E-state index in [1.807, 2.05) is 0 Å². The van der Waals surface area contributed by atoms with Crippen molar-refractivity contribution in [3.63, 3.8) is 0 Å². The molecular formula is C15H26ClN3O. The lowest BCUT2D eigenvalue weighted by atomic mass is 9.97. The van der Waals surface area contributed by atoms with Gasteiger partial charge in [-0.15, -0.1) is 0 Å². The van der Waals surface area contributed by atoms with Gasteiger partial charge in [0.1, 0.15) is 0 Å². The smallest absolute Gasteiger partial charge is 0.237 e. The molecule has 2 N–H and O–H groups in total. The molecule has 0 spiro atoms. The molecule has 2 fully saturated rings. The minimum atomic E-state index is 0.0381. The molecule has 20 heavy (non-hydrogen) atoms. The Bertz CT molecular complexity index is 353. The summed E-state index contributed by atoms with van der Waals surface area (Å²) in [4.78, 5) is 14.4. The molecule has 2 unspecified atom stereocenters. The third-order valence-corrected chi connectivity index (χ3v) is 4.58. The van der Waals surface area contributed by atoms with Gasteiger partial charge in [0.05, 0.1) is 6.04 Å². The van der Waals surface area contributed by atoms with Gasteiger partial charge in [-0.1, -0.05) is 11.6 Å². The normalized spacial score (nSPS) is 28.6. The number of piperidine rings is 1. The van der Waals surface area contributed by atoms with Gasteiger partial charge in [-0.05, 0) is 57.2 Å². The fraction of sp³-hybridized carbons (Fsp3) is 0.800. The zero-order valence-electron chi connectivity index (χ0n) is 12.3. The highest BCUT2D eigenvalue weighted by atomic mass is 35.5. The molecule has 2 rings (SSSR count). The van der Waals surface area contributed by atoms with Crippen molar-refractivity contribution >= 4 is 17.5 Å². The number of rotatable bonds is 5. The van der Waals surface area contributed by atoms with Crippen LogP contribution in [0.25, 0.3) is 0 Å². The van der Waals surface area contributed by atoms with Gasteiger partial charge in [0.25, 0.3) is 0 Å². The summed E-state index contributed by atoms with van der Waals surface area (Å²) < 4.78 is 0. The topological polar surface area (TPSA) is 44.4 Å². The Morgan fingerprint density at radius 3 is 3.00 bits per heavy atom. The van der Waals surface area contributed by atoms with E-state index in [4.69, 9.17) is 11.6 Å². The summed E-state index contributed by atoms with van der Waals surface area (Å²) in [7, 11) is 0. The third kappa shape index (κ3) is 4.76. The van der Waals surface area contributed by atoms with E-state index >= 15 is 0 Å². The molecule has 2 saturated heterocycles. The highest BCUT2D eigenvalue weighted by Gasteiger charge is 2.24. The number of hydrogen-bond acceptors (Lipinski definition) is 3. The number of nitrogens with zero attached hydrogens (tertiary/aromatic N) is 1. The van der Waals surface area contributed by atoms with Gasteiger partial charge >= 0.3 is 0 Å². The zero-order valence-corrected chi connectivity index (χ0v) is 13.1. The molecule has 4 nitrogen and oxygen atoms in total. The van der Waals surface area contributed by atoms with E-state index in [-0.39, 0.29) is 11.9 Å². The van der Waals surface area contributed by atoms with Gasteiger partial charge in [-0.3, -0.25) is 9.69 Å². The van der Waals surface area contributed by atoms with Crippen molar-refractivity contribution in [3.05, 3.63) is 11.1 Å². The lowest BCUT2D eigenvalue weighted by molar-refractivity contribution is -0.123. The second kappa shape index (κ2) is 8.01. The van der Waals surface area contributed by atoms with Crippen LogP contribution in [0.5, 0.6) is 0 Å². The molecule has 2 atom stereocenters. The molecule has 0 aromatic rings. The van der Waals surface area contributed by atoms with Crippen molar-refractivity contribution in [1.82, 2.24) is 15.5 Å². The quantitative estimate of drug-likeness (QED) is 0.812. The summed E-state index contributed by atoms with van der Waals surface area (Å²) in [5.74, 6) is 0.744. The Morgan fingerprint density at radius 2 is 2.30 bits per heavy atom. The number of nitrogens with one attached hydrogen (secondary N) is 2. The van der Waals surface area contributed by atoms with Crippen LogP contribution in [0, 0.1) is 5.92 Å². The summed E-state index contributed by atoms with van der Waals surface area (Å²) in [6.45, 7) is 6.97. The summed E-state index contributed by atoms with van der Waals surface area (Å²) in [6, 6.07) is 0.0381. The third-order valence-electron chi connectivity index (χ3n) is 4.20. The first-order chi connectivity index (χ1) is 9.69. The number of carbonyl (C=O) groups is 1. The molecule has 2 aliphatic heterocycles. The van der Waals surface area contributed by atoms with Crippen molar-refractivity contribution < 1.29 is 4.79 Å². The molecule has 2 aliphatic rings. The molecule has 0 aliphatic carbocycles. The Labute approximate surface area is 126 Å². The SMILES string of the molecule is CC(=CCl)CN1CCCC(CNC(=O)C2CCCN2)C1. The minimum absolute atomic E-state index is 0.0381. The number of carbonyl (C=O) groups excluding carboxylic acids is 1. The van der Waals surface area contributed by atoms with Gasteiger partial charge in [0, 0.05) is 25.2 Å². The van der Waals surface area contributed by atoms with Crippen LogP contribution in [0.15, 0.2) is 11.1 Å². The average molecular weight is 300 g/mol. The largest absolute Gasteiger partial charge is 0.354 e. The molecule has 114 valence electrons. The number of likely N-dealkylation sites (tertiary alicyclic amines) is 1. The first kappa shape index (κ1) is 15.8. The van der Waals surface area contributed by atoms with E-state index in [0.29, 0.717) is 5.92 Å². The van der Waals surface area contributed by atoms with Gasteiger partial charge in [0.15, 0.2) is 0 Å². The second-order valence-electron chi connectivity index (χ2n) is 6.09. The van der Waals surface area contributed by atoms with Crippen LogP contribution in [0.1, 0.15) is 32.6 Å². The van der Waals surface area contributed by atoms with Crippen LogP contribution in [0.3, 0.4) is 0 Å². The van der Waals surface area contributed by atoms with Crippen LogP contribution < -0.4 is 10.6 Å². The molecule has 0 bridgehead atoms. The fourth-order valence-corrected chi connectivity index (χ4v) is 3.19. The van der Waals surface area contributed by atoms with Crippen LogP contribution >= 0.6 is 11.6 Å². The maximum Gasteiger partial charge on any atom is 0.237 e.